The molecule has 0 saturated carbocycles. The number of hydrogen-bond donors (Lipinski definition) is 1. The van der Waals surface area contributed by atoms with E-state index < -0.39 is 11.7 Å². The first kappa shape index (κ1) is 13.9. The topological polar surface area (TPSA) is 47.6 Å². The van der Waals surface area contributed by atoms with E-state index in [2.05, 4.69) is 5.32 Å². The third-order valence-corrected chi connectivity index (χ3v) is 2.77. The molecule has 1 amide bonds. The summed E-state index contributed by atoms with van der Waals surface area (Å²) in [7, 11) is 2.92. The van der Waals surface area contributed by atoms with E-state index in [0.717, 1.165) is 0 Å². The summed E-state index contributed by atoms with van der Waals surface area (Å²) in [5.41, 5.74) is 0.387. The van der Waals surface area contributed by atoms with Gasteiger partial charge in [-0.3, -0.25) is 4.79 Å². The van der Waals surface area contributed by atoms with Gasteiger partial charge in [0, 0.05) is 0 Å². The van der Waals surface area contributed by atoms with Crippen LogP contribution in [0.3, 0.4) is 0 Å². The number of carbonyl (C=O) groups is 1. The van der Waals surface area contributed by atoms with Gasteiger partial charge in [0.1, 0.15) is 5.82 Å². The average molecular weight is 275 g/mol. The van der Waals surface area contributed by atoms with Crippen molar-refractivity contribution >= 4 is 11.6 Å². The summed E-state index contributed by atoms with van der Waals surface area (Å²) >= 11 is 0. The molecule has 0 aliphatic rings. The molecular weight excluding hydrogens is 261 g/mol. The van der Waals surface area contributed by atoms with Gasteiger partial charge in [-0.2, -0.15) is 0 Å². The van der Waals surface area contributed by atoms with E-state index in [0.29, 0.717) is 11.5 Å². The van der Waals surface area contributed by atoms with Crippen LogP contribution in [0, 0.1) is 5.82 Å². The number of halogens is 1. The number of para-hydroxylation sites is 2. The molecule has 0 unspecified atom stereocenters. The van der Waals surface area contributed by atoms with Crippen LogP contribution in [0.1, 0.15) is 10.4 Å². The Morgan fingerprint density at radius 2 is 1.80 bits per heavy atom. The number of methoxy groups -OCH3 is 2. The summed E-state index contributed by atoms with van der Waals surface area (Å²) < 4.78 is 23.8. The lowest BCUT2D eigenvalue weighted by Gasteiger charge is -2.12. The Morgan fingerprint density at radius 1 is 1.05 bits per heavy atom. The normalized spacial score (nSPS) is 9.95. The van der Waals surface area contributed by atoms with Gasteiger partial charge in [-0.1, -0.05) is 18.2 Å². The van der Waals surface area contributed by atoms with Crippen molar-refractivity contribution in [2.24, 2.45) is 0 Å². The van der Waals surface area contributed by atoms with Crippen LogP contribution < -0.4 is 14.8 Å². The van der Waals surface area contributed by atoms with Gasteiger partial charge in [-0.25, -0.2) is 4.39 Å². The third-order valence-electron chi connectivity index (χ3n) is 2.77. The number of benzene rings is 2. The molecular formula is C15H14FNO3. The molecule has 20 heavy (non-hydrogen) atoms. The molecule has 1 N–H and O–H groups in total. The number of hydrogen-bond acceptors (Lipinski definition) is 3. The van der Waals surface area contributed by atoms with E-state index in [1.807, 2.05) is 0 Å². The predicted molar refractivity (Wildman–Crippen MR) is 73.9 cm³/mol. The summed E-state index contributed by atoms with van der Waals surface area (Å²) in [6.45, 7) is 0. The Morgan fingerprint density at radius 3 is 2.45 bits per heavy atom. The van der Waals surface area contributed by atoms with E-state index in [1.165, 1.54) is 26.4 Å². The Labute approximate surface area is 116 Å². The van der Waals surface area contributed by atoms with E-state index >= 15 is 0 Å². The number of carbonyl (C=O) groups excluding carboxylic acids is 1. The zero-order valence-corrected chi connectivity index (χ0v) is 11.1. The van der Waals surface area contributed by atoms with Crippen molar-refractivity contribution in [2.75, 3.05) is 19.5 Å². The van der Waals surface area contributed by atoms with E-state index in [4.69, 9.17) is 9.47 Å². The molecule has 2 rings (SSSR count). The van der Waals surface area contributed by atoms with Crippen LogP contribution >= 0.6 is 0 Å². The molecule has 0 saturated heterocycles. The lowest BCUT2D eigenvalue weighted by molar-refractivity contribution is 0.102. The predicted octanol–water partition coefficient (Wildman–Crippen LogP) is 3.10. The molecule has 5 heteroatoms. The summed E-state index contributed by atoms with van der Waals surface area (Å²) in [5, 5.41) is 2.50. The Kier molecular flexibility index (Phi) is 4.20. The molecule has 4 nitrogen and oxygen atoms in total. The Hall–Kier alpha value is -2.56. The minimum absolute atomic E-state index is 0.113. The van der Waals surface area contributed by atoms with Crippen molar-refractivity contribution in [2.45, 2.75) is 0 Å². The summed E-state index contributed by atoms with van der Waals surface area (Å²) in [6.07, 6.45) is 0. The van der Waals surface area contributed by atoms with Crippen molar-refractivity contribution in [3.8, 4) is 11.5 Å². The second kappa shape index (κ2) is 6.06. The number of amides is 1. The minimum atomic E-state index is -0.497. The zero-order chi connectivity index (χ0) is 14.5. The molecule has 0 heterocycles. The fourth-order valence-corrected chi connectivity index (χ4v) is 1.82. The quantitative estimate of drug-likeness (QED) is 0.932. The highest BCUT2D eigenvalue weighted by molar-refractivity contribution is 6.06. The SMILES string of the molecule is COc1cccc(C(=O)Nc2ccccc2F)c1OC. The van der Waals surface area contributed by atoms with Crippen LogP contribution in [0.5, 0.6) is 11.5 Å². The fourth-order valence-electron chi connectivity index (χ4n) is 1.82. The highest BCUT2D eigenvalue weighted by atomic mass is 19.1. The van der Waals surface area contributed by atoms with E-state index in [1.54, 1.807) is 30.3 Å². The van der Waals surface area contributed by atoms with Crippen LogP contribution in [-0.4, -0.2) is 20.1 Å². The van der Waals surface area contributed by atoms with Crippen LogP contribution in [0.15, 0.2) is 42.5 Å². The van der Waals surface area contributed by atoms with Gasteiger partial charge in [-0.15, -0.1) is 0 Å². The third kappa shape index (κ3) is 2.71. The molecule has 0 fully saturated rings. The summed E-state index contributed by atoms with van der Waals surface area (Å²) in [6, 6.07) is 10.9. The number of anilines is 1. The van der Waals surface area contributed by atoms with Gasteiger partial charge >= 0.3 is 0 Å². The van der Waals surface area contributed by atoms with Gasteiger partial charge in [0.05, 0.1) is 25.5 Å². The molecule has 0 radical (unpaired) electrons. The first-order chi connectivity index (χ1) is 9.67. The minimum Gasteiger partial charge on any atom is -0.493 e. The highest BCUT2D eigenvalue weighted by Crippen LogP contribution is 2.31. The molecule has 2 aromatic carbocycles. The molecule has 104 valence electrons. The largest absolute Gasteiger partial charge is 0.493 e. The second-order valence-corrected chi connectivity index (χ2v) is 3.98. The zero-order valence-electron chi connectivity index (χ0n) is 11.1. The monoisotopic (exact) mass is 275 g/mol. The van der Waals surface area contributed by atoms with Crippen molar-refractivity contribution < 1.29 is 18.7 Å². The number of nitrogens with one attached hydrogen (secondary N) is 1. The van der Waals surface area contributed by atoms with Crippen LogP contribution in [0.25, 0.3) is 0 Å². The molecule has 2 aromatic rings. The maximum atomic E-state index is 13.5. The lowest BCUT2D eigenvalue weighted by Crippen LogP contribution is -2.14. The van der Waals surface area contributed by atoms with Gasteiger partial charge in [0.25, 0.3) is 5.91 Å². The van der Waals surface area contributed by atoms with Crippen molar-refractivity contribution in [1.29, 1.82) is 0 Å². The Balaban J connectivity index is 2.32. The van der Waals surface area contributed by atoms with Crippen LogP contribution in [0.4, 0.5) is 10.1 Å². The number of ether oxygens (including phenoxy) is 2. The fraction of sp³-hybridized carbons (Fsp3) is 0.133. The van der Waals surface area contributed by atoms with Gasteiger partial charge in [0.2, 0.25) is 0 Å². The maximum absolute atomic E-state index is 13.5. The standard InChI is InChI=1S/C15H14FNO3/c1-19-13-9-5-6-10(14(13)20-2)15(18)17-12-8-4-3-7-11(12)16/h3-9H,1-2H3,(H,17,18). The second-order valence-electron chi connectivity index (χ2n) is 3.98. The Bertz CT molecular complexity index is 628. The van der Waals surface area contributed by atoms with Gasteiger partial charge in [-0.05, 0) is 24.3 Å². The molecule has 0 aromatic heterocycles. The van der Waals surface area contributed by atoms with Gasteiger partial charge in [0.15, 0.2) is 11.5 Å². The lowest BCUT2D eigenvalue weighted by atomic mass is 10.1. The molecule has 0 aliphatic heterocycles. The van der Waals surface area contributed by atoms with Crippen LogP contribution in [0.2, 0.25) is 0 Å². The van der Waals surface area contributed by atoms with E-state index in [9.17, 15) is 9.18 Å². The smallest absolute Gasteiger partial charge is 0.259 e. The molecule has 0 aliphatic carbocycles. The van der Waals surface area contributed by atoms with E-state index in [-0.39, 0.29) is 11.3 Å². The molecule has 0 spiro atoms. The van der Waals surface area contributed by atoms with Gasteiger partial charge < -0.3 is 14.8 Å². The van der Waals surface area contributed by atoms with Crippen LogP contribution in [-0.2, 0) is 0 Å². The maximum Gasteiger partial charge on any atom is 0.259 e. The van der Waals surface area contributed by atoms with Crippen molar-refractivity contribution in [1.82, 2.24) is 0 Å². The first-order valence-electron chi connectivity index (χ1n) is 5.94. The molecule has 0 atom stereocenters. The van der Waals surface area contributed by atoms with Crippen molar-refractivity contribution in [3.05, 3.63) is 53.8 Å². The summed E-state index contributed by atoms with van der Waals surface area (Å²) in [4.78, 5) is 12.2. The highest BCUT2D eigenvalue weighted by Gasteiger charge is 2.17. The number of rotatable bonds is 4. The summed E-state index contributed by atoms with van der Waals surface area (Å²) in [5.74, 6) is -0.217. The first-order valence-corrected chi connectivity index (χ1v) is 5.94. The average Bonchev–Trinajstić information content (AvgIpc) is 2.48. The molecule has 0 bridgehead atoms. The van der Waals surface area contributed by atoms with Crippen molar-refractivity contribution in [3.63, 3.8) is 0 Å².